The first-order valence-corrected chi connectivity index (χ1v) is 11.0. The Kier molecular flexibility index (Phi) is 4.94. The fourth-order valence-corrected chi connectivity index (χ4v) is 5.44. The molecule has 1 amide bonds. The minimum atomic E-state index is 0.106. The molecule has 0 unspecified atom stereocenters. The van der Waals surface area contributed by atoms with Gasteiger partial charge in [0, 0.05) is 42.8 Å². The lowest BCUT2D eigenvalue weighted by molar-refractivity contribution is 0.0568. The van der Waals surface area contributed by atoms with E-state index in [0.717, 1.165) is 36.2 Å². The molecule has 5 rings (SSSR count). The molecule has 2 bridgehead atoms. The summed E-state index contributed by atoms with van der Waals surface area (Å²) in [5, 5.41) is 1.01. The number of aromatic nitrogens is 1. The molecule has 2 fully saturated rings. The Bertz CT molecular complexity index is 1160. The van der Waals surface area contributed by atoms with Gasteiger partial charge in [0.1, 0.15) is 5.75 Å². The number of amides is 1. The third-order valence-corrected chi connectivity index (χ3v) is 7.33. The number of carbonyl (C=O) groups is 1. The third kappa shape index (κ3) is 3.28. The molecule has 2 aromatic carbocycles. The van der Waals surface area contributed by atoms with Crippen LogP contribution in [0.15, 0.2) is 48.7 Å². The molecular formula is C26H29N3O2. The fourth-order valence-electron chi connectivity index (χ4n) is 5.44. The Hall–Kier alpha value is -2.92. The highest BCUT2D eigenvalue weighted by molar-refractivity contribution is 5.97. The molecule has 3 heterocycles. The number of benzene rings is 2. The maximum atomic E-state index is 13.2. The van der Waals surface area contributed by atoms with Gasteiger partial charge in [0.05, 0.1) is 18.2 Å². The molecule has 0 aliphatic carbocycles. The quantitative estimate of drug-likeness (QED) is 0.629. The number of piperazine rings is 1. The minimum absolute atomic E-state index is 0.106. The number of hydrogen-bond acceptors (Lipinski definition) is 4. The number of hydrogen-bond donors (Lipinski definition) is 0. The summed E-state index contributed by atoms with van der Waals surface area (Å²) in [5.41, 5.74) is 5.46. The summed E-state index contributed by atoms with van der Waals surface area (Å²) in [6.45, 7) is 8.30. The number of methoxy groups -OCH3 is 1. The SMILES string of the molecule is COc1ccc([C@H](C)N2C[C@H]3C[C@@H]2CN3C(=O)c2cnc3ccccc3c2)c(C)c1C. The van der Waals surface area contributed by atoms with E-state index in [1.165, 1.54) is 16.7 Å². The molecule has 160 valence electrons. The van der Waals surface area contributed by atoms with Crippen LogP contribution in [0.5, 0.6) is 5.75 Å². The normalized spacial score (nSPS) is 21.6. The number of rotatable bonds is 4. The molecule has 0 radical (unpaired) electrons. The van der Waals surface area contributed by atoms with Gasteiger partial charge in [0.25, 0.3) is 5.91 Å². The zero-order valence-electron chi connectivity index (χ0n) is 18.6. The number of para-hydroxylation sites is 1. The first kappa shape index (κ1) is 20.0. The van der Waals surface area contributed by atoms with Gasteiger partial charge in [0.15, 0.2) is 0 Å². The summed E-state index contributed by atoms with van der Waals surface area (Å²) in [6.07, 6.45) is 2.77. The van der Waals surface area contributed by atoms with Gasteiger partial charge < -0.3 is 9.64 Å². The lowest BCUT2D eigenvalue weighted by Gasteiger charge is -2.38. The Labute approximate surface area is 183 Å². The molecule has 3 atom stereocenters. The van der Waals surface area contributed by atoms with Crippen molar-refractivity contribution in [3.8, 4) is 5.75 Å². The zero-order chi connectivity index (χ0) is 21.7. The molecular weight excluding hydrogens is 386 g/mol. The van der Waals surface area contributed by atoms with Gasteiger partial charge in [0.2, 0.25) is 0 Å². The molecule has 5 nitrogen and oxygen atoms in total. The second-order valence-electron chi connectivity index (χ2n) is 8.90. The van der Waals surface area contributed by atoms with Gasteiger partial charge in [-0.1, -0.05) is 24.3 Å². The van der Waals surface area contributed by atoms with E-state index in [9.17, 15) is 4.79 Å². The van der Waals surface area contributed by atoms with Crippen LogP contribution in [0.2, 0.25) is 0 Å². The number of nitrogens with zero attached hydrogens (tertiary/aromatic N) is 3. The van der Waals surface area contributed by atoms with Crippen LogP contribution in [-0.4, -0.2) is 53.0 Å². The van der Waals surface area contributed by atoms with Gasteiger partial charge in [-0.25, -0.2) is 0 Å². The standard InChI is InChI=1S/C26H29N3O2/c1-16-17(2)25(31-4)10-9-23(16)18(3)28-14-22-12-21(28)15-29(22)26(30)20-11-19-7-5-6-8-24(19)27-13-20/h5-11,13,18,21-22H,12,14-15H2,1-4H3/t18-,21+,22+/m0/s1. The minimum Gasteiger partial charge on any atom is -0.496 e. The van der Waals surface area contributed by atoms with Crippen LogP contribution < -0.4 is 4.74 Å². The third-order valence-electron chi connectivity index (χ3n) is 7.33. The van der Waals surface area contributed by atoms with Gasteiger partial charge in [-0.15, -0.1) is 0 Å². The van der Waals surface area contributed by atoms with Crippen molar-refractivity contribution in [3.05, 3.63) is 70.9 Å². The predicted octanol–water partition coefficient (Wildman–Crippen LogP) is 4.52. The molecule has 2 saturated heterocycles. The van der Waals surface area contributed by atoms with Gasteiger partial charge in [-0.2, -0.15) is 0 Å². The monoisotopic (exact) mass is 415 g/mol. The number of pyridine rings is 1. The van der Waals surface area contributed by atoms with Crippen LogP contribution in [0.25, 0.3) is 10.9 Å². The van der Waals surface area contributed by atoms with Crippen molar-refractivity contribution in [1.82, 2.24) is 14.8 Å². The van der Waals surface area contributed by atoms with Crippen LogP contribution in [-0.2, 0) is 0 Å². The van der Waals surface area contributed by atoms with E-state index in [0.29, 0.717) is 17.6 Å². The largest absolute Gasteiger partial charge is 0.496 e. The topological polar surface area (TPSA) is 45.7 Å². The maximum absolute atomic E-state index is 13.2. The molecule has 0 saturated carbocycles. The molecule has 5 heteroatoms. The Morgan fingerprint density at radius 3 is 2.65 bits per heavy atom. The van der Waals surface area contributed by atoms with Crippen molar-refractivity contribution < 1.29 is 9.53 Å². The highest BCUT2D eigenvalue weighted by Gasteiger charge is 2.47. The van der Waals surface area contributed by atoms with Crippen molar-refractivity contribution >= 4 is 16.8 Å². The highest BCUT2D eigenvalue weighted by Crippen LogP contribution is 2.39. The van der Waals surface area contributed by atoms with Crippen LogP contribution >= 0.6 is 0 Å². The Balaban J connectivity index is 1.33. The average molecular weight is 416 g/mol. The van der Waals surface area contributed by atoms with E-state index in [-0.39, 0.29) is 11.9 Å². The van der Waals surface area contributed by atoms with Crippen molar-refractivity contribution in [1.29, 1.82) is 0 Å². The average Bonchev–Trinajstić information content (AvgIpc) is 3.41. The van der Waals surface area contributed by atoms with Crippen molar-refractivity contribution in [2.45, 2.75) is 45.3 Å². The summed E-state index contributed by atoms with van der Waals surface area (Å²) in [6, 6.07) is 15.2. The first-order valence-electron chi connectivity index (χ1n) is 11.0. The first-order chi connectivity index (χ1) is 15.0. The Morgan fingerprint density at radius 1 is 1.10 bits per heavy atom. The van der Waals surface area contributed by atoms with Crippen LogP contribution in [0.1, 0.15) is 46.4 Å². The van der Waals surface area contributed by atoms with Crippen LogP contribution in [0.4, 0.5) is 0 Å². The summed E-state index contributed by atoms with van der Waals surface area (Å²) < 4.78 is 5.48. The fraction of sp³-hybridized carbons (Fsp3) is 0.385. The smallest absolute Gasteiger partial charge is 0.255 e. The van der Waals surface area contributed by atoms with E-state index in [1.807, 2.05) is 30.3 Å². The second kappa shape index (κ2) is 7.65. The summed E-state index contributed by atoms with van der Waals surface area (Å²) in [5.74, 6) is 1.05. The molecule has 3 aromatic rings. The van der Waals surface area contributed by atoms with Gasteiger partial charge >= 0.3 is 0 Å². The molecule has 2 aliphatic heterocycles. The molecule has 1 aromatic heterocycles. The number of fused-ring (bicyclic) bond motifs is 3. The summed E-state index contributed by atoms with van der Waals surface area (Å²) in [7, 11) is 1.72. The number of likely N-dealkylation sites (tertiary alicyclic amines) is 2. The molecule has 31 heavy (non-hydrogen) atoms. The van der Waals surface area contributed by atoms with E-state index in [4.69, 9.17) is 4.74 Å². The van der Waals surface area contributed by atoms with E-state index < -0.39 is 0 Å². The van der Waals surface area contributed by atoms with E-state index in [2.05, 4.69) is 47.7 Å². The Morgan fingerprint density at radius 2 is 1.90 bits per heavy atom. The van der Waals surface area contributed by atoms with E-state index in [1.54, 1.807) is 13.3 Å². The lowest BCUT2D eigenvalue weighted by Crippen LogP contribution is -2.49. The maximum Gasteiger partial charge on any atom is 0.255 e. The van der Waals surface area contributed by atoms with Crippen molar-refractivity contribution in [2.75, 3.05) is 20.2 Å². The number of ether oxygens (including phenoxy) is 1. The lowest BCUT2D eigenvalue weighted by atomic mass is 9.96. The summed E-state index contributed by atoms with van der Waals surface area (Å²) in [4.78, 5) is 22.4. The van der Waals surface area contributed by atoms with E-state index >= 15 is 0 Å². The number of carbonyl (C=O) groups excluding carboxylic acids is 1. The predicted molar refractivity (Wildman–Crippen MR) is 123 cm³/mol. The van der Waals surface area contributed by atoms with Crippen molar-refractivity contribution in [3.63, 3.8) is 0 Å². The molecule has 0 N–H and O–H groups in total. The summed E-state index contributed by atoms with van der Waals surface area (Å²) >= 11 is 0. The van der Waals surface area contributed by atoms with Crippen molar-refractivity contribution in [2.24, 2.45) is 0 Å². The zero-order valence-corrected chi connectivity index (χ0v) is 18.6. The highest BCUT2D eigenvalue weighted by atomic mass is 16.5. The van der Waals surface area contributed by atoms with Gasteiger partial charge in [-0.3, -0.25) is 14.7 Å². The molecule has 2 aliphatic rings. The van der Waals surface area contributed by atoms with Crippen LogP contribution in [0.3, 0.4) is 0 Å². The van der Waals surface area contributed by atoms with Crippen LogP contribution in [0, 0.1) is 13.8 Å². The second-order valence-corrected chi connectivity index (χ2v) is 8.90. The van der Waals surface area contributed by atoms with Gasteiger partial charge in [-0.05, 0) is 62.1 Å². The molecule has 0 spiro atoms.